The first-order valence-corrected chi connectivity index (χ1v) is 8.93. The van der Waals surface area contributed by atoms with Gasteiger partial charge in [0.1, 0.15) is 11.8 Å². The Labute approximate surface area is 154 Å². The van der Waals surface area contributed by atoms with Crippen LogP contribution in [-0.4, -0.2) is 51.9 Å². The van der Waals surface area contributed by atoms with Gasteiger partial charge >= 0.3 is 0 Å². The average molecular weight is 349 g/mol. The number of nitriles is 1. The normalized spacial score (nSPS) is 17.6. The molecule has 1 saturated heterocycles. The first-order chi connectivity index (χ1) is 12.7. The van der Waals surface area contributed by atoms with Crippen molar-refractivity contribution in [2.45, 2.75) is 31.8 Å². The minimum Gasteiger partial charge on any atom is -0.337 e. The molecule has 0 spiro atoms. The summed E-state index contributed by atoms with van der Waals surface area (Å²) in [6.07, 6.45) is 6.24. The van der Waals surface area contributed by atoms with Crippen LogP contribution in [0.25, 0.3) is 0 Å². The van der Waals surface area contributed by atoms with Crippen LogP contribution in [-0.2, 0) is 6.54 Å². The van der Waals surface area contributed by atoms with Crippen molar-refractivity contribution in [1.82, 2.24) is 19.8 Å². The molecule has 2 aromatic heterocycles. The summed E-state index contributed by atoms with van der Waals surface area (Å²) in [5.74, 6) is -0.0532. The molecule has 134 valence electrons. The highest BCUT2D eigenvalue weighted by molar-refractivity contribution is 5.92. The van der Waals surface area contributed by atoms with Crippen LogP contribution in [0.5, 0.6) is 0 Å². The van der Waals surface area contributed by atoms with Crippen LogP contribution in [0.4, 0.5) is 0 Å². The lowest BCUT2D eigenvalue weighted by molar-refractivity contribution is 0.0751. The Morgan fingerprint density at radius 3 is 2.85 bits per heavy atom. The van der Waals surface area contributed by atoms with Crippen LogP contribution in [0.1, 0.15) is 41.0 Å². The fraction of sp³-hybridized carbons (Fsp3) is 0.400. The van der Waals surface area contributed by atoms with Gasteiger partial charge < -0.3 is 4.90 Å². The van der Waals surface area contributed by atoms with E-state index in [9.17, 15) is 4.79 Å². The molecule has 3 heterocycles. The van der Waals surface area contributed by atoms with Crippen LogP contribution in [0, 0.1) is 11.3 Å². The van der Waals surface area contributed by atoms with E-state index in [1.54, 1.807) is 12.1 Å². The molecule has 1 aliphatic heterocycles. The van der Waals surface area contributed by atoms with Crippen molar-refractivity contribution in [3.63, 3.8) is 0 Å². The zero-order valence-electron chi connectivity index (χ0n) is 15.0. The Morgan fingerprint density at radius 1 is 1.27 bits per heavy atom. The molecule has 0 bridgehead atoms. The average Bonchev–Trinajstić information content (AvgIpc) is 2.94. The summed E-state index contributed by atoms with van der Waals surface area (Å²) in [4.78, 5) is 25.4. The van der Waals surface area contributed by atoms with E-state index in [2.05, 4.69) is 21.9 Å². The summed E-state index contributed by atoms with van der Waals surface area (Å²) in [6, 6.07) is 11.7. The fourth-order valence-corrected chi connectivity index (χ4v) is 3.35. The van der Waals surface area contributed by atoms with Crippen LogP contribution in [0.2, 0.25) is 0 Å². The van der Waals surface area contributed by atoms with Crippen molar-refractivity contribution < 1.29 is 4.79 Å². The third kappa shape index (κ3) is 4.44. The molecule has 0 radical (unpaired) electrons. The molecule has 6 nitrogen and oxygen atoms in total. The van der Waals surface area contributed by atoms with E-state index in [4.69, 9.17) is 5.26 Å². The maximum atomic E-state index is 12.7. The Balaban J connectivity index is 1.58. The lowest BCUT2D eigenvalue weighted by Crippen LogP contribution is -2.35. The second-order valence-electron chi connectivity index (χ2n) is 6.66. The zero-order chi connectivity index (χ0) is 18.4. The number of rotatable bonds is 4. The largest absolute Gasteiger partial charge is 0.337 e. The van der Waals surface area contributed by atoms with E-state index in [1.165, 1.54) is 6.20 Å². The summed E-state index contributed by atoms with van der Waals surface area (Å²) in [7, 11) is 2.12. The fourth-order valence-electron chi connectivity index (χ4n) is 3.35. The SMILES string of the molecule is CN(Cc1ccccn1)[C@H]1CCCN(C(=O)c2ccc(C#N)cn2)CC1. The molecule has 0 unspecified atom stereocenters. The van der Waals surface area contributed by atoms with Crippen molar-refractivity contribution in [1.29, 1.82) is 5.26 Å². The molecule has 1 fully saturated rings. The molecule has 0 aromatic carbocycles. The van der Waals surface area contributed by atoms with Crippen LogP contribution in [0.15, 0.2) is 42.7 Å². The highest BCUT2D eigenvalue weighted by Crippen LogP contribution is 2.18. The monoisotopic (exact) mass is 349 g/mol. The number of likely N-dealkylation sites (tertiary alicyclic amines) is 1. The van der Waals surface area contributed by atoms with Crippen LogP contribution in [0.3, 0.4) is 0 Å². The van der Waals surface area contributed by atoms with Gasteiger partial charge in [0.15, 0.2) is 0 Å². The second-order valence-corrected chi connectivity index (χ2v) is 6.66. The summed E-state index contributed by atoms with van der Waals surface area (Å²) < 4.78 is 0. The third-order valence-corrected chi connectivity index (χ3v) is 4.86. The van der Waals surface area contributed by atoms with Crippen molar-refractivity contribution in [3.8, 4) is 6.07 Å². The first kappa shape index (κ1) is 18.0. The maximum Gasteiger partial charge on any atom is 0.272 e. The van der Waals surface area contributed by atoms with Crippen LogP contribution >= 0.6 is 0 Å². The summed E-state index contributed by atoms with van der Waals surface area (Å²) >= 11 is 0. The Hall–Kier alpha value is -2.78. The molecular weight excluding hydrogens is 326 g/mol. The molecule has 1 aliphatic rings. The summed E-state index contributed by atoms with van der Waals surface area (Å²) in [5.41, 5.74) is 1.94. The molecule has 1 amide bonds. The number of carbonyl (C=O) groups is 1. The van der Waals surface area contributed by atoms with E-state index >= 15 is 0 Å². The van der Waals surface area contributed by atoms with E-state index in [-0.39, 0.29) is 5.91 Å². The van der Waals surface area contributed by atoms with Gasteiger partial charge in [-0.1, -0.05) is 6.07 Å². The lowest BCUT2D eigenvalue weighted by atomic mass is 10.1. The highest BCUT2D eigenvalue weighted by Gasteiger charge is 2.24. The van der Waals surface area contributed by atoms with E-state index in [0.717, 1.165) is 44.6 Å². The van der Waals surface area contributed by atoms with Crippen molar-refractivity contribution >= 4 is 5.91 Å². The molecular formula is C20H23N5O. The van der Waals surface area contributed by atoms with Gasteiger partial charge in [-0.3, -0.25) is 14.7 Å². The first-order valence-electron chi connectivity index (χ1n) is 8.93. The molecule has 1 atom stereocenters. The van der Waals surface area contributed by atoms with Gasteiger partial charge in [-0.15, -0.1) is 0 Å². The molecule has 0 saturated carbocycles. The number of amides is 1. The van der Waals surface area contributed by atoms with Crippen molar-refractivity contribution in [3.05, 3.63) is 59.7 Å². The number of hydrogen-bond acceptors (Lipinski definition) is 5. The van der Waals surface area contributed by atoms with Gasteiger partial charge in [0.05, 0.1) is 11.3 Å². The smallest absolute Gasteiger partial charge is 0.272 e. The Morgan fingerprint density at radius 2 is 2.15 bits per heavy atom. The molecule has 6 heteroatoms. The third-order valence-electron chi connectivity index (χ3n) is 4.86. The predicted molar refractivity (Wildman–Crippen MR) is 98.2 cm³/mol. The highest BCUT2D eigenvalue weighted by atomic mass is 16.2. The Kier molecular flexibility index (Phi) is 5.92. The molecule has 0 N–H and O–H groups in total. The van der Waals surface area contributed by atoms with Gasteiger partial charge in [0, 0.05) is 38.1 Å². The molecule has 26 heavy (non-hydrogen) atoms. The molecule has 3 rings (SSSR count). The standard InChI is InChI=1S/C20H23N5O/c1-24(15-17-5-2-3-10-22-17)18-6-4-11-25(12-9-18)20(26)19-8-7-16(13-21)14-23-19/h2-3,5,7-8,10,14,18H,4,6,9,11-12,15H2,1H3/t18-/m0/s1. The number of nitrogens with zero attached hydrogens (tertiary/aromatic N) is 5. The van der Waals surface area contributed by atoms with Gasteiger partial charge in [0.25, 0.3) is 5.91 Å². The second kappa shape index (κ2) is 8.54. The number of carbonyl (C=O) groups excluding carboxylic acids is 1. The van der Waals surface area contributed by atoms with Gasteiger partial charge in [0.2, 0.25) is 0 Å². The van der Waals surface area contributed by atoms with Gasteiger partial charge in [-0.2, -0.15) is 5.26 Å². The van der Waals surface area contributed by atoms with Crippen LogP contribution < -0.4 is 0 Å². The topological polar surface area (TPSA) is 73.1 Å². The molecule has 0 aliphatic carbocycles. The van der Waals surface area contributed by atoms with Gasteiger partial charge in [-0.05, 0) is 50.6 Å². The lowest BCUT2D eigenvalue weighted by Gasteiger charge is -2.27. The quantitative estimate of drug-likeness (QED) is 0.848. The predicted octanol–water partition coefficient (Wildman–Crippen LogP) is 2.47. The number of aromatic nitrogens is 2. The Bertz CT molecular complexity index is 769. The molecule has 2 aromatic rings. The maximum absolute atomic E-state index is 12.7. The number of hydrogen-bond donors (Lipinski definition) is 0. The zero-order valence-corrected chi connectivity index (χ0v) is 15.0. The minimum atomic E-state index is -0.0532. The van der Waals surface area contributed by atoms with E-state index in [0.29, 0.717) is 17.3 Å². The minimum absolute atomic E-state index is 0.0532. The van der Waals surface area contributed by atoms with Gasteiger partial charge in [-0.25, -0.2) is 4.98 Å². The van der Waals surface area contributed by atoms with Crippen molar-refractivity contribution in [2.24, 2.45) is 0 Å². The number of pyridine rings is 2. The van der Waals surface area contributed by atoms with Crippen molar-refractivity contribution in [2.75, 3.05) is 20.1 Å². The van der Waals surface area contributed by atoms with E-state index < -0.39 is 0 Å². The summed E-state index contributed by atoms with van der Waals surface area (Å²) in [5, 5.41) is 8.85. The van der Waals surface area contributed by atoms with E-state index in [1.807, 2.05) is 35.4 Å². The summed E-state index contributed by atoms with van der Waals surface area (Å²) in [6.45, 7) is 2.28.